The third-order valence-electron chi connectivity index (χ3n) is 4.92. The molecule has 0 bridgehead atoms. The summed E-state index contributed by atoms with van der Waals surface area (Å²) in [5, 5.41) is 0. The standard InChI is InChI=1S/C19H21N3O4/c1-25-11-16-20-17(9-18(24)21-16)22-8-4-7-19(12-22)10-14(23)13-5-2-3-6-15(13)26-19/h2-3,5-6,9H,4,7-8,10-12H2,1H3,(H,20,21,24). The number of aromatic amines is 1. The first-order valence-corrected chi connectivity index (χ1v) is 8.74. The van der Waals surface area contributed by atoms with Gasteiger partial charge in [0.1, 0.15) is 29.6 Å². The normalized spacial score (nSPS) is 22.2. The maximum absolute atomic E-state index is 12.6. The number of rotatable bonds is 3. The largest absolute Gasteiger partial charge is 0.484 e. The summed E-state index contributed by atoms with van der Waals surface area (Å²) in [4.78, 5) is 33.8. The molecule has 0 radical (unpaired) electrons. The molecular formula is C19H21N3O4. The number of anilines is 1. The number of methoxy groups -OCH3 is 1. The van der Waals surface area contributed by atoms with E-state index >= 15 is 0 Å². The van der Waals surface area contributed by atoms with Crippen molar-refractivity contribution < 1.29 is 14.3 Å². The lowest BCUT2D eigenvalue weighted by molar-refractivity contribution is 0.0302. The van der Waals surface area contributed by atoms with Gasteiger partial charge in [0.15, 0.2) is 5.78 Å². The number of H-pyrrole nitrogens is 1. The molecule has 2 aliphatic heterocycles. The molecule has 1 unspecified atom stereocenters. The lowest BCUT2D eigenvalue weighted by Gasteiger charge is -2.45. The molecule has 1 spiro atoms. The van der Waals surface area contributed by atoms with Gasteiger partial charge in [-0.05, 0) is 25.0 Å². The van der Waals surface area contributed by atoms with Crippen LogP contribution in [0.15, 0.2) is 35.1 Å². The molecule has 1 atom stereocenters. The van der Waals surface area contributed by atoms with Crippen LogP contribution in [0, 0.1) is 0 Å². The zero-order valence-corrected chi connectivity index (χ0v) is 14.7. The number of para-hydroxylation sites is 1. The van der Waals surface area contributed by atoms with Crippen LogP contribution in [0.1, 0.15) is 35.4 Å². The maximum atomic E-state index is 12.6. The Hall–Kier alpha value is -2.67. The van der Waals surface area contributed by atoms with Crippen LogP contribution in [0.25, 0.3) is 0 Å². The molecule has 136 valence electrons. The van der Waals surface area contributed by atoms with Gasteiger partial charge in [0, 0.05) is 19.7 Å². The fourth-order valence-electron chi connectivity index (χ4n) is 3.83. The summed E-state index contributed by atoms with van der Waals surface area (Å²) in [6.45, 7) is 1.53. The first kappa shape index (κ1) is 16.8. The zero-order valence-electron chi connectivity index (χ0n) is 14.7. The van der Waals surface area contributed by atoms with Gasteiger partial charge in [-0.1, -0.05) is 12.1 Å². The number of hydrogen-bond donors (Lipinski definition) is 1. The Morgan fingerprint density at radius 1 is 1.35 bits per heavy atom. The molecule has 0 aliphatic carbocycles. The van der Waals surface area contributed by atoms with Crippen molar-refractivity contribution in [3.8, 4) is 5.75 Å². The molecule has 1 fully saturated rings. The number of hydrogen-bond acceptors (Lipinski definition) is 6. The van der Waals surface area contributed by atoms with Crippen LogP contribution in [0.2, 0.25) is 0 Å². The van der Waals surface area contributed by atoms with Crippen LogP contribution in [-0.2, 0) is 11.3 Å². The van der Waals surface area contributed by atoms with E-state index in [1.807, 2.05) is 23.1 Å². The van der Waals surface area contributed by atoms with Crippen molar-refractivity contribution in [2.45, 2.75) is 31.5 Å². The number of carbonyl (C=O) groups is 1. The minimum atomic E-state index is -0.574. The highest BCUT2D eigenvalue weighted by Crippen LogP contribution is 2.38. The lowest BCUT2D eigenvalue weighted by Crippen LogP contribution is -2.55. The predicted octanol–water partition coefficient (Wildman–Crippen LogP) is 1.92. The quantitative estimate of drug-likeness (QED) is 0.905. The molecule has 1 aromatic heterocycles. The fraction of sp³-hybridized carbons (Fsp3) is 0.421. The molecular weight excluding hydrogens is 334 g/mol. The molecule has 1 saturated heterocycles. The summed E-state index contributed by atoms with van der Waals surface area (Å²) in [6, 6.07) is 8.86. The molecule has 0 saturated carbocycles. The van der Waals surface area contributed by atoms with Crippen molar-refractivity contribution in [1.82, 2.24) is 9.97 Å². The lowest BCUT2D eigenvalue weighted by atomic mass is 9.83. The number of carbonyl (C=O) groups excluding carboxylic acids is 1. The van der Waals surface area contributed by atoms with Gasteiger partial charge in [-0.25, -0.2) is 4.98 Å². The van der Waals surface area contributed by atoms with Crippen molar-refractivity contribution in [1.29, 1.82) is 0 Å². The van der Waals surface area contributed by atoms with E-state index in [-0.39, 0.29) is 17.9 Å². The van der Waals surface area contributed by atoms with Gasteiger partial charge in [0.05, 0.1) is 18.5 Å². The van der Waals surface area contributed by atoms with Gasteiger partial charge in [-0.2, -0.15) is 0 Å². The monoisotopic (exact) mass is 355 g/mol. The van der Waals surface area contributed by atoms with E-state index in [0.29, 0.717) is 35.9 Å². The Morgan fingerprint density at radius 2 is 2.19 bits per heavy atom. The molecule has 2 aliphatic rings. The second-order valence-electron chi connectivity index (χ2n) is 6.89. The van der Waals surface area contributed by atoms with Crippen LogP contribution >= 0.6 is 0 Å². The average Bonchev–Trinajstić information content (AvgIpc) is 2.61. The Morgan fingerprint density at radius 3 is 3.04 bits per heavy atom. The number of nitrogens with zero attached hydrogens (tertiary/aromatic N) is 2. The Kier molecular flexibility index (Phi) is 4.24. The minimum Gasteiger partial charge on any atom is -0.484 e. The molecule has 7 nitrogen and oxygen atoms in total. The van der Waals surface area contributed by atoms with Crippen molar-refractivity contribution >= 4 is 11.6 Å². The Bertz CT molecular complexity index is 894. The summed E-state index contributed by atoms with van der Waals surface area (Å²) in [5.74, 6) is 1.83. The van der Waals surface area contributed by atoms with Crippen LogP contribution in [0.5, 0.6) is 5.75 Å². The molecule has 4 rings (SSSR count). The molecule has 0 amide bonds. The molecule has 2 aromatic rings. The smallest absolute Gasteiger partial charge is 0.253 e. The maximum Gasteiger partial charge on any atom is 0.253 e. The zero-order chi connectivity index (χ0) is 18.1. The second-order valence-corrected chi connectivity index (χ2v) is 6.89. The van der Waals surface area contributed by atoms with Gasteiger partial charge in [0.2, 0.25) is 0 Å². The second kappa shape index (κ2) is 6.57. The van der Waals surface area contributed by atoms with E-state index in [2.05, 4.69) is 9.97 Å². The summed E-state index contributed by atoms with van der Waals surface area (Å²) in [6.07, 6.45) is 2.01. The SMILES string of the molecule is COCc1nc(N2CCCC3(CC(=O)c4ccccc4O3)C2)cc(=O)[nH]1. The first-order valence-electron chi connectivity index (χ1n) is 8.74. The summed E-state index contributed by atoms with van der Waals surface area (Å²) >= 11 is 0. The molecule has 3 heterocycles. The van der Waals surface area contributed by atoms with Gasteiger partial charge in [-0.15, -0.1) is 0 Å². The third kappa shape index (κ3) is 3.10. The van der Waals surface area contributed by atoms with Crippen LogP contribution < -0.4 is 15.2 Å². The Balaban J connectivity index is 1.63. The van der Waals surface area contributed by atoms with Gasteiger partial charge >= 0.3 is 0 Å². The van der Waals surface area contributed by atoms with Crippen molar-refractivity contribution in [3.63, 3.8) is 0 Å². The van der Waals surface area contributed by atoms with E-state index in [9.17, 15) is 9.59 Å². The first-order chi connectivity index (χ1) is 12.6. The summed E-state index contributed by atoms with van der Waals surface area (Å²) in [7, 11) is 1.56. The minimum absolute atomic E-state index is 0.104. The number of fused-ring (bicyclic) bond motifs is 1. The average molecular weight is 355 g/mol. The van der Waals surface area contributed by atoms with Crippen molar-refractivity contribution in [3.05, 3.63) is 52.1 Å². The molecule has 26 heavy (non-hydrogen) atoms. The summed E-state index contributed by atoms with van der Waals surface area (Å²) in [5.41, 5.74) is -0.144. The van der Waals surface area contributed by atoms with Crippen LogP contribution in [0.3, 0.4) is 0 Å². The van der Waals surface area contributed by atoms with Crippen LogP contribution in [-0.4, -0.2) is 41.6 Å². The van der Waals surface area contributed by atoms with Gasteiger partial charge in [-0.3, -0.25) is 9.59 Å². The van der Waals surface area contributed by atoms with E-state index in [1.165, 1.54) is 6.07 Å². The van der Waals surface area contributed by atoms with E-state index in [0.717, 1.165) is 19.4 Å². The van der Waals surface area contributed by atoms with E-state index < -0.39 is 5.60 Å². The highest BCUT2D eigenvalue weighted by molar-refractivity contribution is 6.00. The fourth-order valence-corrected chi connectivity index (χ4v) is 3.83. The number of Topliss-reactive ketones (excluding diaryl/α,β-unsaturated/α-hetero) is 1. The highest BCUT2D eigenvalue weighted by Gasteiger charge is 2.44. The number of nitrogens with one attached hydrogen (secondary N) is 1. The predicted molar refractivity (Wildman–Crippen MR) is 95.8 cm³/mol. The number of aromatic nitrogens is 2. The van der Waals surface area contributed by atoms with E-state index in [1.54, 1.807) is 13.2 Å². The van der Waals surface area contributed by atoms with E-state index in [4.69, 9.17) is 9.47 Å². The topological polar surface area (TPSA) is 84.5 Å². The third-order valence-corrected chi connectivity index (χ3v) is 4.92. The molecule has 1 aromatic carbocycles. The molecule has 1 N–H and O–H groups in total. The number of benzene rings is 1. The number of ketones is 1. The van der Waals surface area contributed by atoms with Crippen LogP contribution in [0.4, 0.5) is 5.82 Å². The van der Waals surface area contributed by atoms with Gasteiger partial charge < -0.3 is 19.4 Å². The Labute approximate surface area is 151 Å². The number of ether oxygens (including phenoxy) is 2. The summed E-state index contributed by atoms with van der Waals surface area (Å²) < 4.78 is 11.4. The number of piperidine rings is 1. The van der Waals surface area contributed by atoms with Crippen molar-refractivity contribution in [2.75, 3.05) is 25.1 Å². The van der Waals surface area contributed by atoms with Crippen molar-refractivity contribution in [2.24, 2.45) is 0 Å². The molecule has 7 heteroatoms. The highest BCUT2D eigenvalue weighted by atomic mass is 16.5. The van der Waals surface area contributed by atoms with Gasteiger partial charge in [0.25, 0.3) is 5.56 Å².